The van der Waals surface area contributed by atoms with Crippen molar-refractivity contribution in [3.8, 4) is 6.07 Å². The van der Waals surface area contributed by atoms with Crippen LogP contribution in [-0.4, -0.2) is 17.8 Å². The molecule has 4 nitrogen and oxygen atoms in total. The van der Waals surface area contributed by atoms with Crippen LogP contribution in [0.5, 0.6) is 0 Å². The topological polar surface area (TPSA) is 65.8 Å². The summed E-state index contributed by atoms with van der Waals surface area (Å²) in [4.78, 5) is 16.5. The number of ketones is 1. The number of thiazole rings is 1. The minimum atomic E-state index is -0.192. The van der Waals surface area contributed by atoms with Gasteiger partial charge in [-0.3, -0.25) is 4.79 Å². The summed E-state index contributed by atoms with van der Waals surface area (Å²) in [5, 5.41) is 11.8. The maximum absolute atomic E-state index is 11.3. The van der Waals surface area contributed by atoms with Gasteiger partial charge in [-0.25, -0.2) is 4.98 Å². The van der Waals surface area contributed by atoms with E-state index >= 15 is 0 Å². The number of carbonyl (C=O) groups is 1. The van der Waals surface area contributed by atoms with E-state index in [1.165, 1.54) is 11.3 Å². The predicted octanol–water partition coefficient (Wildman–Crippen LogP) is 1.27. The fourth-order valence-corrected chi connectivity index (χ4v) is 2.03. The summed E-state index contributed by atoms with van der Waals surface area (Å²) in [6.45, 7) is 2.58. The van der Waals surface area contributed by atoms with Crippen LogP contribution in [0.15, 0.2) is 0 Å². The SMILES string of the molecule is CNCc1sc(C(=O)CC#N)nc1C. The Morgan fingerprint density at radius 2 is 2.43 bits per heavy atom. The number of hydrogen-bond acceptors (Lipinski definition) is 5. The Morgan fingerprint density at radius 1 is 1.71 bits per heavy atom. The van der Waals surface area contributed by atoms with Gasteiger partial charge in [0, 0.05) is 11.4 Å². The Bertz CT molecular complexity index is 378. The van der Waals surface area contributed by atoms with Gasteiger partial charge in [-0.1, -0.05) is 0 Å². The minimum absolute atomic E-state index is 0.0913. The van der Waals surface area contributed by atoms with E-state index in [0.717, 1.165) is 10.6 Å². The van der Waals surface area contributed by atoms with Crippen molar-refractivity contribution in [3.05, 3.63) is 15.6 Å². The van der Waals surface area contributed by atoms with Crippen molar-refractivity contribution in [2.45, 2.75) is 19.9 Å². The van der Waals surface area contributed by atoms with E-state index in [0.29, 0.717) is 11.6 Å². The summed E-state index contributed by atoms with van der Waals surface area (Å²) in [5.74, 6) is -0.192. The molecule has 0 aliphatic heterocycles. The van der Waals surface area contributed by atoms with Crippen LogP contribution in [0.4, 0.5) is 0 Å². The zero-order chi connectivity index (χ0) is 10.6. The van der Waals surface area contributed by atoms with Crippen LogP contribution >= 0.6 is 11.3 Å². The molecule has 1 heterocycles. The lowest BCUT2D eigenvalue weighted by Gasteiger charge is -1.93. The molecule has 1 N–H and O–H groups in total. The van der Waals surface area contributed by atoms with Gasteiger partial charge in [-0.2, -0.15) is 5.26 Å². The van der Waals surface area contributed by atoms with E-state index in [1.54, 1.807) is 0 Å². The average molecular weight is 209 g/mol. The molecule has 0 aliphatic carbocycles. The number of aryl methyl sites for hydroxylation is 1. The van der Waals surface area contributed by atoms with E-state index in [-0.39, 0.29) is 12.2 Å². The number of nitrogens with one attached hydrogen (secondary N) is 1. The number of aromatic nitrogens is 1. The summed E-state index contributed by atoms with van der Waals surface area (Å²) in [6, 6.07) is 1.83. The van der Waals surface area contributed by atoms with Gasteiger partial charge in [0.05, 0.1) is 11.8 Å². The van der Waals surface area contributed by atoms with Crippen molar-refractivity contribution >= 4 is 17.1 Å². The molecule has 0 fully saturated rings. The molecule has 0 unspecified atom stereocenters. The quantitative estimate of drug-likeness (QED) is 0.758. The van der Waals surface area contributed by atoms with Crippen LogP contribution in [0.2, 0.25) is 0 Å². The van der Waals surface area contributed by atoms with Gasteiger partial charge < -0.3 is 5.32 Å². The first kappa shape index (κ1) is 10.8. The highest BCUT2D eigenvalue weighted by molar-refractivity contribution is 7.13. The zero-order valence-corrected chi connectivity index (χ0v) is 8.94. The molecule has 74 valence electrons. The Labute approximate surface area is 86.6 Å². The molecule has 0 bridgehead atoms. The third-order valence-corrected chi connectivity index (χ3v) is 2.91. The van der Waals surface area contributed by atoms with Crippen molar-refractivity contribution in [1.29, 1.82) is 5.26 Å². The molecule has 14 heavy (non-hydrogen) atoms. The van der Waals surface area contributed by atoms with Gasteiger partial charge in [0.1, 0.15) is 6.42 Å². The van der Waals surface area contributed by atoms with E-state index in [9.17, 15) is 4.79 Å². The second-order valence-electron chi connectivity index (χ2n) is 2.82. The van der Waals surface area contributed by atoms with Crippen molar-refractivity contribution in [1.82, 2.24) is 10.3 Å². The average Bonchev–Trinajstić information content (AvgIpc) is 2.49. The lowest BCUT2D eigenvalue weighted by Crippen LogP contribution is -2.04. The molecule has 1 aromatic rings. The van der Waals surface area contributed by atoms with E-state index in [2.05, 4.69) is 10.3 Å². The van der Waals surface area contributed by atoms with Crippen molar-refractivity contribution in [2.75, 3.05) is 7.05 Å². The van der Waals surface area contributed by atoms with Crippen LogP contribution in [0.1, 0.15) is 26.8 Å². The monoisotopic (exact) mass is 209 g/mol. The van der Waals surface area contributed by atoms with E-state index < -0.39 is 0 Å². The van der Waals surface area contributed by atoms with Gasteiger partial charge in [0.15, 0.2) is 5.01 Å². The molecule has 5 heteroatoms. The number of carbonyl (C=O) groups excluding carboxylic acids is 1. The summed E-state index contributed by atoms with van der Waals surface area (Å²) in [6.07, 6.45) is -0.0913. The van der Waals surface area contributed by atoms with Gasteiger partial charge in [-0.15, -0.1) is 11.3 Å². The van der Waals surface area contributed by atoms with Gasteiger partial charge in [-0.05, 0) is 14.0 Å². The van der Waals surface area contributed by atoms with Gasteiger partial charge in [0.2, 0.25) is 5.78 Å². The highest BCUT2D eigenvalue weighted by Crippen LogP contribution is 2.18. The van der Waals surface area contributed by atoms with Crippen LogP contribution in [0, 0.1) is 18.3 Å². The molecular weight excluding hydrogens is 198 g/mol. The molecular formula is C9H11N3OS. The third-order valence-electron chi connectivity index (χ3n) is 1.71. The molecule has 1 rings (SSSR count). The third kappa shape index (κ3) is 2.37. The van der Waals surface area contributed by atoms with Gasteiger partial charge in [0.25, 0.3) is 0 Å². The number of hydrogen-bond donors (Lipinski definition) is 1. The molecule has 0 saturated heterocycles. The Balaban J connectivity index is 2.86. The number of rotatable bonds is 4. The molecule has 0 amide bonds. The van der Waals surface area contributed by atoms with E-state index in [1.807, 2.05) is 20.0 Å². The minimum Gasteiger partial charge on any atom is -0.315 e. The number of nitrogens with zero attached hydrogens (tertiary/aromatic N) is 2. The maximum atomic E-state index is 11.3. The summed E-state index contributed by atoms with van der Waals surface area (Å²) < 4.78 is 0. The molecule has 0 radical (unpaired) electrons. The summed E-state index contributed by atoms with van der Waals surface area (Å²) >= 11 is 1.36. The second-order valence-corrected chi connectivity index (χ2v) is 3.90. The normalized spacial score (nSPS) is 9.79. The Morgan fingerprint density at radius 3 is 3.00 bits per heavy atom. The first-order valence-electron chi connectivity index (χ1n) is 4.20. The van der Waals surface area contributed by atoms with E-state index in [4.69, 9.17) is 5.26 Å². The first-order valence-corrected chi connectivity index (χ1v) is 5.01. The van der Waals surface area contributed by atoms with Gasteiger partial charge >= 0.3 is 0 Å². The highest BCUT2D eigenvalue weighted by atomic mass is 32.1. The Kier molecular flexibility index (Phi) is 3.74. The fraction of sp³-hybridized carbons (Fsp3) is 0.444. The lowest BCUT2D eigenvalue weighted by molar-refractivity contribution is 0.0997. The highest BCUT2D eigenvalue weighted by Gasteiger charge is 2.13. The standard InChI is InChI=1S/C9H11N3OS/c1-6-8(5-11-2)14-9(12-6)7(13)3-4-10/h11H,3,5H2,1-2H3. The first-order chi connectivity index (χ1) is 6.69. The van der Waals surface area contributed by atoms with Crippen LogP contribution in [-0.2, 0) is 6.54 Å². The van der Waals surface area contributed by atoms with Crippen LogP contribution in [0.25, 0.3) is 0 Å². The molecule has 0 atom stereocenters. The zero-order valence-electron chi connectivity index (χ0n) is 8.13. The largest absolute Gasteiger partial charge is 0.315 e. The molecule has 0 aliphatic rings. The van der Waals surface area contributed by atoms with Crippen molar-refractivity contribution < 1.29 is 4.79 Å². The lowest BCUT2D eigenvalue weighted by atomic mass is 10.3. The molecule has 0 saturated carbocycles. The smallest absolute Gasteiger partial charge is 0.205 e. The van der Waals surface area contributed by atoms with Crippen LogP contribution in [0.3, 0.4) is 0 Å². The molecule has 0 aromatic carbocycles. The Hall–Kier alpha value is -1.25. The molecule has 0 spiro atoms. The van der Waals surface area contributed by atoms with Crippen LogP contribution < -0.4 is 5.32 Å². The predicted molar refractivity (Wildman–Crippen MR) is 54.2 cm³/mol. The number of Topliss-reactive ketones (excluding diaryl/α,β-unsaturated/α-hetero) is 1. The maximum Gasteiger partial charge on any atom is 0.205 e. The van der Waals surface area contributed by atoms with Crippen molar-refractivity contribution in [3.63, 3.8) is 0 Å². The summed E-state index contributed by atoms with van der Waals surface area (Å²) in [7, 11) is 1.84. The number of nitriles is 1. The fourth-order valence-electron chi connectivity index (χ4n) is 1.02. The summed E-state index contributed by atoms with van der Waals surface area (Å²) in [5.41, 5.74) is 0.866. The molecule has 1 aromatic heterocycles. The van der Waals surface area contributed by atoms with Crippen molar-refractivity contribution in [2.24, 2.45) is 0 Å². The second kappa shape index (κ2) is 4.84.